The predicted molar refractivity (Wildman–Crippen MR) is 60.1 cm³/mol. The monoisotopic (exact) mass is 202 g/mol. The van der Waals surface area contributed by atoms with Gasteiger partial charge in [0.25, 0.3) is 0 Å². The average molecular weight is 202 g/mol. The minimum Gasteiger partial charge on any atom is -0.359 e. The molecule has 0 spiro atoms. The SMILES string of the molecule is CNC(=O)Cc1ccc(C#CCN)cc1. The Bertz CT molecular complexity index is 384. The second kappa shape index (κ2) is 5.84. The van der Waals surface area contributed by atoms with Gasteiger partial charge in [0.2, 0.25) is 5.91 Å². The lowest BCUT2D eigenvalue weighted by Crippen LogP contribution is -2.19. The molecule has 0 aliphatic heterocycles. The molecule has 1 amide bonds. The maximum Gasteiger partial charge on any atom is 0.224 e. The zero-order valence-electron chi connectivity index (χ0n) is 8.71. The van der Waals surface area contributed by atoms with Crippen LogP contribution in [0, 0.1) is 11.8 Å². The van der Waals surface area contributed by atoms with Crippen LogP contribution >= 0.6 is 0 Å². The van der Waals surface area contributed by atoms with E-state index in [2.05, 4.69) is 17.2 Å². The first-order valence-corrected chi connectivity index (χ1v) is 4.74. The summed E-state index contributed by atoms with van der Waals surface area (Å²) in [5.74, 6) is 5.71. The molecule has 0 heterocycles. The summed E-state index contributed by atoms with van der Waals surface area (Å²) in [5, 5.41) is 2.58. The number of hydrogen-bond donors (Lipinski definition) is 2. The lowest BCUT2D eigenvalue weighted by molar-refractivity contribution is -0.119. The summed E-state index contributed by atoms with van der Waals surface area (Å²) >= 11 is 0. The predicted octanol–water partition coefficient (Wildman–Crippen LogP) is 0.285. The fourth-order valence-electron chi connectivity index (χ4n) is 1.13. The molecule has 0 saturated heterocycles. The molecule has 3 N–H and O–H groups in total. The van der Waals surface area contributed by atoms with Crippen LogP contribution in [0.3, 0.4) is 0 Å². The zero-order chi connectivity index (χ0) is 11.1. The number of likely N-dealkylation sites (N-methyl/N-ethyl adjacent to an activating group) is 1. The zero-order valence-corrected chi connectivity index (χ0v) is 8.71. The lowest BCUT2D eigenvalue weighted by atomic mass is 10.1. The molecule has 0 aromatic heterocycles. The van der Waals surface area contributed by atoms with Crippen molar-refractivity contribution in [1.29, 1.82) is 0 Å². The van der Waals surface area contributed by atoms with E-state index in [9.17, 15) is 4.79 Å². The molecular weight excluding hydrogens is 188 g/mol. The van der Waals surface area contributed by atoms with Crippen molar-refractivity contribution in [1.82, 2.24) is 5.32 Å². The van der Waals surface area contributed by atoms with Crippen molar-refractivity contribution >= 4 is 5.91 Å². The van der Waals surface area contributed by atoms with Crippen LogP contribution in [0.25, 0.3) is 0 Å². The molecule has 0 unspecified atom stereocenters. The summed E-state index contributed by atoms with van der Waals surface area (Å²) in [6.07, 6.45) is 0.404. The van der Waals surface area contributed by atoms with Gasteiger partial charge in [0.15, 0.2) is 0 Å². The van der Waals surface area contributed by atoms with E-state index in [1.165, 1.54) is 0 Å². The Hall–Kier alpha value is -1.79. The standard InChI is InChI=1S/C12H14N2O/c1-14-12(15)9-11-6-4-10(5-7-11)3-2-8-13/h4-7H,8-9,13H2,1H3,(H,14,15). The molecule has 0 fully saturated rings. The first-order valence-electron chi connectivity index (χ1n) is 4.74. The van der Waals surface area contributed by atoms with Crippen LogP contribution in [0.4, 0.5) is 0 Å². The average Bonchev–Trinajstić information content (AvgIpc) is 2.28. The van der Waals surface area contributed by atoms with Gasteiger partial charge in [0, 0.05) is 12.6 Å². The Morgan fingerprint density at radius 1 is 1.40 bits per heavy atom. The third-order valence-corrected chi connectivity index (χ3v) is 1.93. The molecule has 1 aromatic rings. The number of benzene rings is 1. The Labute approximate surface area is 89.7 Å². The van der Waals surface area contributed by atoms with E-state index >= 15 is 0 Å². The number of carbonyl (C=O) groups is 1. The van der Waals surface area contributed by atoms with Gasteiger partial charge in [-0.25, -0.2) is 0 Å². The first kappa shape index (κ1) is 11.3. The summed E-state index contributed by atoms with van der Waals surface area (Å²) in [4.78, 5) is 11.1. The van der Waals surface area contributed by atoms with Crippen LogP contribution in [0.15, 0.2) is 24.3 Å². The number of nitrogens with one attached hydrogen (secondary N) is 1. The highest BCUT2D eigenvalue weighted by molar-refractivity contribution is 5.78. The van der Waals surface area contributed by atoms with Crippen molar-refractivity contribution < 1.29 is 4.79 Å². The molecule has 3 heteroatoms. The number of rotatable bonds is 2. The van der Waals surface area contributed by atoms with Crippen LogP contribution in [0.2, 0.25) is 0 Å². The van der Waals surface area contributed by atoms with Crippen molar-refractivity contribution in [3.63, 3.8) is 0 Å². The maximum absolute atomic E-state index is 11.1. The van der Waals surface area contributed by atoms with E-state index in [1.54, 1.807) is 7.05 Å². The normalized spacial score (nSPS) is 8.93. The smallest absolute Gasteiger partial charge is 0.224 e. The van der Waals surface area contributed by atoms with Crippen LogP contribution in [0.1, 0.15) is 11.1 Å². The van der Waals surface area contributed by atoms with Gasteiger partial charge in [-0.15, -0.1) is 0 Å². The van der Waals surface area contributed by atoms with E-state index in [1.807, 2.05) is 24.3 Å². The molecule has 0 atom stereocenters. The molecule has 0 aliphatic carbocycles. The lowest BCUT2D eigenvalue weighted by Gasteiger charge is -1.99. The molecule has 3 nitrogen and oxygen atoms in total. The van der Waals surface area contributed by atoms with E-state index in [-0.39, 0.29) is 5.91 Å². The van der Waals surface area contributed by atoms with Gasteiger partial charge < -0.3 is 11.1 Å². The van der Waals surface area contributed by atoms with Crippen LogP contribution < -0.4 is 11.1 Å². The van der Waals surface area contributed by atoms with Gasteiger partial charge in [-0.05, 0) is 17.7 Å². The van der Waals surface area contributed by atoms with Crippen molar-refractivity contribution in [2.24, 2.45) is 5.73 Å². The molecule has 15 heavy (non-hydrogen) atoms. The summed E-state index contributed by atoms with van der Waals surface area (Å²) in [6, 6.07) is 7.58. The molecule has 0 saturated carbocycles. The summed E-state index contributed by atoms with van der Waals surface area (Å²) in [6.45, 7) is 0.361. The molecule has 0 bridgehead atoms. The topological polar surface area (TPSA) is 55.1 Å². The fraction of sp³-hybridized carbons (Fsp3) is 0.250. The van der Waals surface area contributed by atoms with Gasteiger partial charge in [0.05, 0.1) is 13.0 Å². The Morgan fingerprint density at radius 2 is 2.07 bits per heavy atom. The molecular formula is C12H14N2O. The number of carbonyl (C=O) groups excluding carboxylic acids is 1. The highest BCUT2D eigenvalue weighted by atomic mass is 16.1. The van der Waals surface area contributed by atoms with Crippen LogP contribution in [0.5, 0.6) is 0 Å². The van der Waals surface area contributed by atoms with Crippen molar-refractivity contribution in [2.75, 3.05) is 13.6 Å². The Kier molecular flexibility index (Phi) is 4.39. The van der Waals surface area contributed by atoms with Crippen molar-refractivity contribution in [2.45, 2.75) is 6.42 Å². The fourth-order valence-corrected chi connectivity index (χ4v) is 1.13. The molecule has 0 aliphatic rings. The minimum atomic E-state index is 0.00999. The molecule has 78 valence electrons. The molecule has 1 rings (SSSR count). The third-order valence-electron chi connectivity index (χ3n) is 1.93. The van der Waals surface area contributed by atoms with Gasteiger partial charge in [-0.2, -0.15) is 0 Å². The van der Waals surface area contributed by atoms with E-state index in [0.717, 1.165) is 11.1 Å². The summed E-state index contributed by atoms with van der Waals surface area (Å²) < 4.78 is 0. The number of nitrogens with two attached hydrogens (primary N) is 1. The molecule has 1 aromatic carbocycles. The second-order valence-corrected chi connectivity index (χ2v) is 3.05. The summed E-state index contributed by atoms with van der Waals surface area (Å²) in [5.41, 5.74) is 7.16. The third kappa shape index (κ3) is 3.84. The molecule has 0 radical (unpaired) electrons. The highest BCUT2D eigenvalue weighted by Crippen LogP contribution is 2.03. The van der Waals surface area contributed by atoms with E-state index in [4.69, 9.17) is 5.73 Å². The Morgan fingerprint density at radius 3 is 2.60 bits per heavy atom. The van der Waals surface area contributed by atoms with Gasteiger partial charge in [-0.1, -0.05) is 24.0 Å². The maximum atomic E-state index is 11.1. The van der Waals surface area contributed by atoms with Crippen molar-refractivity contribution in [3.05, 3.63) is 35.4 Å². The van der Waals surface area contributed by atoms with Crippen LogP contribution in [-0.4, -0.2) is 19.5 Å². The van der Waals surface area contributed by atoms with E-state index < -0.39 is 0 Å². The minimum absolute atomic E-state index is 0.00999. The van der Waals surface area contributed by atoms with Gasteiger partial charge in [-0.3, -0.25) is 4.79 Å². The van der Waals surface area contributed by atoms with Gasteiger partial charge >= 0.3 is 0 Å². The quantitative estimate of drug-likeness (QED) is 0.677. The van der Waals surface area contributed by atoms with Crippen molar-refractivity contribution in [3.8, 4) is 11.8 Å². The number of hydrogen-bond acceptors (Lipinski definition) is 2. The first-order chi connectivity index (χ1) is 7.26. The largest absolute Gasteiger partial charge is 0.359 e. The number of amides is 1. The van der Waals surface area contributed by atoms with Crippen LogP contribution in [-0.2, 0) is 11.2 Å². The van der Waals surface area contributed by atoms with Gasteiger partial charge in [0.1, 0.15) is 0 Å². The highest BCUT2D eigenvalue weighted by Gasteiger charge is 1.99. The summed E-state index contributed by atoms with van der Waals surface area (Å²) in [7, 11) is 1.63. The van der Waals surface area contributed by atoms with E-state index in [0.29, 0.717) is 13.0 Å². The Balaban J connectivity index is 2.68. The second-order valence-electron chi connectivity index (χ2n) is 3.05.